The van der Waals surface area contributed by atoms with Gasteiger partial charge in [0.05, 0.1) is 14.2 Å². The molecule has 2 aromatic carbocycles. The monoisotopic (exact) mass is 271 g/mol. The van der Waals surface area contributed by atoms with Crippen LogP contribution in [0.15, 0.2) is 42.5 Å². The van der Waals surface area contributed by atoms with Crippen molar-refractivity contribution in [3.8, 4) is 11.5 Å². The van der Waals surface area contributed by atoms with Gasteiger partial charge in [-0.15, -0.1) is 0 Å². The molecular weight excluding hydrogens is 254 g/mol. The smallest absolute Gasteiger partial charge is 0.263 e. The first kappa shape index (κ1) is 13.9. The molecule has 0 bridgehead atoms. The number of hydrogen-bond donors (Lipinski definition) is 1. The van der Waals surface area contributed by atoms with Crippen molar-refractivity contribution in [1.82, 2.24) is 0 Å². The molecule has 0 saturated heterocycles. The third kappa shape index (κ3) is 2.74. The Morgan fingerprint density at radius 2 is 1.55 bits per heavy atom. The van der Waals surface area contributed by atoms with Crippen molar-refractivity contribution in [2.24, 2.45) is 0 Å². The molecule has 2 aromatic rings. The summed E-state index contributed by atoms with van der Waals surface area (Å²) in [5.74, 6) is 0.708. The number of para-hydroxylation sites is 1. The molecule has 0 atom stereocenters. The molecule has 0 unspecified atom stereocenters. The Labute approximate surface area is 118 Å². The number of aryl methyl sites for hydroxylation is 1. The van der Waals surface area contributed by atoms with Gasteiger partial charge in [-0.25, -0.2) is 0 Å². The van der Waals surface area contributed by atoms with Crippen LogP contribution in [-0.2, 0) is 0 Å². The van der Waals surface area contributed by atoms with E-state index in [1.807, 2.05) is 31.2 Å². The molecule has 20 heavy (non-hydrogen) atoms. The van der Waals surface area contributed by atoms with Crippen molar-refractivity contribution < 1.29 is 14.3 Å². The fraction of sp³-hybridized carbons (Fsp3) is 0.188. The van der Waals surface area contributed by atoms with Crippen molar-refractivity contribution in [1.29, 1.82) is 0 Å². The normalized spacial score (nSPS) is 9.95. The third-order valence-electron chi connectivity index (χ3n) is 3.05. The van der Waals surface area contributed by atoms with Gasteiger partial charge < -0.3 is 14.8 Å². The molecule has 2 rings (SSSR count). The van der Waals surface area contributed by atoms with E-state index in [9.17, 15) is 4.79 Å². The first-order chi connectivity index (χ1) is 9.67. The highest BCUT2D eigenvalue weighted by Gasteiger charge is 2.18. The number of carbonyl (C=O) groups excluding carboxylic acids is 1. The van der Waals surface area contributed by atoms with Crippen molar-refractivity contribution in [2.75, 3.05) is 19.5 Å². The van der Waals surface area contributed by atoms with E-state index in [1.54, 1.807) is 18.2 Å². The standard InChI is InChI=1S/C16H17NO3/c1-11-7-4-5-8-12(11)17-16(18)15-13(19-2)9-6-10-14(15)20-3/h4-10H,1-3H3,(H,17,18). The van der Waals surface area contributed by atoms with Crippen molar-refractivity contribution in [3.63, 3.8) is 0 Å². The lowest BCUT2D eigenvalue weighted by molar-refractivity contribution is 0.102. The summed E-state index contributed by atoms with van der Waals surface area (Å²) in [4.78, 5) is 12.5. The molecule has 0 aliphatic rings. The minimum absolute atomic E-state index is 0.256. The molecule has 1 amide bonds. The molecule has 0 aliphatic heterocycles. The van der Waals surface area contributed by atoms with Crippen LogP contribution in [0.3, 0.4) is 0 Å². The van der Waals surface area contributed by atoms with Crippen LogP contribution in [-0.4, -0.2) is 20.1 Å². The zero-order valence-electron chi connectivity index (χ0n) is 11.8. The average Bonchev–Trinajstić information content (AvgIpc) is 2.48. The minimum atomic E-state index is -0.256. The first-order valence-corrected chi connectivity index (χ1v) is 6.25. The Kier molecular flexibility index (Phi) is 4.25. The van der Waals surface area contributed by atoms with Crippen LogP contribution in [0.1, 0.15) is 15.9 Å². The van der Waals surface area contributed by atoms with Gasteiger partial charge in [-0.05, 0) is 30.7 Å². The van der Waals surface area contributed by atoms with E-state index >= 15 is 0 Å². The summed E-state index contributed by atoms with van der Waals surface area (Å²) >= 11 is 0. The average molecular weight is 271 g/mol. The van der Waals surface area contributed by atoms with Gasteiger partial charge in [-0.2, -0.15) is 0 Å². The third-order valence-corrected chi connectivity index (χ3v) is 3.05. The zero-order valence-corrected chi connectivity index (χ0v) is 11.8. The Morgan fingerprint density at radius 3 is 2.10 bits per heavy atom. The van der Waals surface area contributed by atoms with Crippen molar-refractivity contribution >= 4 is 11.6 Å². The molecule has 1 N–H and O–H groups in total. The van der Waals surface area contributed by atoms with Gasteiger partial charge in [0, 0.05) is 5.69 Å². The van der Waals surface area contributed by atoms with E-state index < -0.39 is 0 Å². The van der Waals surface area contributed by atoms with E-state index in [0.29, 0.717) is 17.1 Å². The molecule has 0 fully saturated rings. The summed E-state index contributed by atoms with van der Waals surface area (Å²) in [6.07, 6.45) is 0. The zero-order chi connectivity index (χ0) is 14.5. The first-order valence-electron chi connectivity index (χ1n) is 6.25. The van der Waals surface area contributed by atoms with E-state index in [-0.39, 0.29) is 5.91 Å². The predicted octanol–water partition coefficient (Wildman–Crippen LogP) is 3.26. The van der Waals surface area contributed by atoms with Crippen LogP contribution in [0.2, 0.25) is 0 Å². The highest BCUT2D eigenvalue weighted by molar-refractivity contribution is 6.08. The van der Waals surface area contributed by atoms with Crippen LogP contribution >= 0.6 is 0 Å². The minimum Gasteiger partial charge on any atom is -0.496 e. The van der Waals surface area contributed by atoms with Crippen LogP contribution < -0.4 is 14.8 Å². The maximum absolute atomic E-state index is 12.5. The molecular formula is C16H17NO3. The molecule has 4 nitrogen and oxygen atoms in total. The summed E-state index contributed by atoms with van der Waals surface area (Å²) in [6, 6.07) is 12.8. The summed E-state index contributed by atoms with van der Waals surface area (Å²) < 4.78 is 10.5. The topological polar surface area (TPSA) is 47.6 Å². The maximum atomic E-state index is 12.5. The number of carbonyl (C=O) groups is 1. The number of methoxy groups -OCH3 is 2. The summed E-state index contributed by atoms with van der Waals surface area (Å²) in [5, 5.41) is 2.88. The molecule has 0 spiro atoms. The maximum Gasteiger partial charge on any atom is 0.263 e. The number of anilines is 1. The number of nitrogens with one attached hydrogen (secondary N) is 1. The highest BCUT2D eigenvalue weighted by Crippen LogP contribution is 2.29. The Balaban J connectivity index is 2.36. The molecule has 0 aliphatic carbocycles. The quantitative estimate of drug-likeness (QED) is 0.928. The van der Waals surface area contributed by atoms with Gasteiger partial charge in [-0.1, -0.05) is 24.3 Å². The van der Waals surface area contributed by atoms with Crippen LogP contribution in [0.25, 0.3) is 0 Å². The molecule has 0 aromatic heterocycles. The molecule has 0 radical (unpaired) electrons. The van der Waals surface area contributed by atoms with Crippen molar-refractivity contribution in [3.05, 3.63) is 53.6 Å². The number of amides is 1. The number of hydrogen-bond acceptors (Lipinski definition) is 3. The second-order valence-corrected chi connectivity index (χ2v) is 4.31. The van der Waals surface area contributed by atoms with Crippen LogP contribution in [0, 0.1) is 6.92 Å². The number of rotatable bonds is 4. The second kappa shape index (κ2) is 6.10. The van der Waals surface area contributed by atoms with Gasteiger partial charge in [0.25, 0.3) is 5.91 Å². The van der Waals surface area contributed by atoms with Gasteiger partial charge in [0.1, 0.15) is 17.1 Å². The van der Waals surface area contributed by atoms with E-state index in [2.05, 4.69) is 5.32 Å². The Bertz CT molecular complexity index is 601. The van der Waals surface area contributed by atoms with Gasteiger partial charge in [0.2, 0.25) is 0 Å². The SMILES string of the molecule is COc1cccc(OC)c1C(=O)Nc1ccccc1C. The molecule has 0 saturated carbocycles. The van der Waals surface area contributed by atoms with Crippen LogP contribution in [0.5, 0.6) is 11.5 Å². The highest BCUT2D eigenvalue weighted by atomic mass is 16.5. The summed E-state index contributed by atoms with van der Waals surface area (Å²) in [5.41, 5.74) is 2.15. The number of ether oxygens (including phenoxy) is 2. The van der Waals surface area contributed by atoms with Gasteiger partial charge in [-0.3, -0.25) is 4.79 Å². The second-order valence-electron chi connectivity index (χ2n) is 4.31. The fourth-order valence-corrected chi connectivity index (χ4v) is 1.97. The lowest BCUT2D eigenvalue weighted by Gasteiger charge is -2.13. The van der Waals surface area contributed by atoms with Crippen LogP contribution in [0.4, 0.5) is 5.69 Å². The van der Waals surface area contributed by atoms with E-state index in [0.717, 1.165) is 11.3 Å². The molecule has 0 heterocycles. The Morgan fingerprint density at radius 1 is 0.950 bits per heavy atom. The molecule has 104 valence electrons. The summed E-state index contributed by atoms with van der Waals surface area (Å²) in [7, 11) is 3.05. The van der Waals surface area contributed by atoms with E-state index in [1.165, 1.54) is 14.2 Å². The van der Waals surface area contributed by atoms with Crippen molar-refractivity contribution in [2.45, 2.75) is 6.92 Å². The van der Waals surface area contributed by atoms with E-state index in [4.69, 9.17) is 9.47 Å². The molecule has 4 heteroatoms. The van der Waals surface area contributed by atoms with Gasteiger partial charge >= 0.3 is 0 Å². The fourth-order valence-electron chi connectivity index (χ4n) is 1.97. The largest absolute Gasteiger partial charge is 0.496 e. The Hall–Kier alpha value is -2.49. The summed E-state index contributed by atoms with van der Waals surface area (Å²) in [6.45, 7) is 1.94. The predicted molar refractivity (Wildman–Crippen MR) is 78.7 cm³/mol. The van der Waals surface area contributed by atoms with Gasteiger partial charge in [0.15, 0.2) is 0 Å². The number of benzene rings is 2. The lowest BCUT2D eigenvalue weighted by atomic mass is 10.1. The lowest BCUT2D eigenvalue weighted by Crippen LogP contribution is -2.15.